The number of allylic oxidation sites excluding steroid dienone is 1. The highest BCUT2D eigenvalue weighted by atomic mass is 32.1. The summed E-state index contributed by atoms with van der Waals surface area (Å²) >= 11 is 1.60. The van der Waals surface area contributed by atoms with Crippen LogP contribution in [-0.4, -0.2) is 22.1 Å². The third kappa shape index (κ3) is 3.73. The van der Waals surface area contributed by atoms with Crippen LogP contribution in [0, 0.1) is 6.92 Å². The molecule has 1 heterocycles. The summed E-state index contributed by atoms with van der Waals surface area (Å²) < 4.78 is 0. The van der Waals surface area contributed by atoms with Gasteiger partial charge in [0.05, 0.1) is 0 Å². The Bertz CT molecular complexity index is 761. The first-order chi connectivity index (χ1) is 10.4. The highest BCUT2D eigenvalue weighted by Crippen LogP contribution is 2.24. The average Bonchev–Trinajstić information content (AvgIpc) is 2.85. The Kier molecular flexibility index (Phi) is 4.62. The molecule has 0 saturated heterocycles. The summed E-state index contributed by atoms with van der Waals surface area (Å²) in [7, 11) is 0. The topological polar surface area (TPSA) is 86.6 Å². The van der Waals surface area contributed by atoms with Gasteiger partial charge in [-0.2, -0.15) is 0 Å². The van der Waals surface area contributed by atoms with E-state index in [1.807, 2.05) is 26.0 Å². The molecule has 1 aromatic heterocycles. The van der Waals surface area contributed by atoms with Gasteiger partial charge in [-0.1, -0.05) is 0 Å². The molecule has 6 heteroatoms. The number of benzene rings is 1. The Hall–Kier alpha value is -2.60. The molecule has 0 spiro atoms. The second-order valence-corrected chi connectivity index (χ2v) is 6.05. The second-order valence-electron chi connectivity index (χ2n) is 4.76. The van der Waals surface area contributed by atoms with Gasteiger partial charge in [-0.05, 0) is 43.7 Å². The van der Waals surface area contributed by atoms with Gasteiger partial charge < -0.3 is 15.5 Å². The number of carbonyl (C=O) groups is 2. The van der Waals surface area contributed by atoms with Crippen molar-refractivity contribution < 1.29 is 19.8 Å². The van der Waals surface area contributed by atoms with Crippen molar-refractivity contribution in [3.63, 3.8) is 0 Å². The SMILES string of the molecule is CC(=CC(=O)Nc1ccc(C(=O)O)c(O)c1)c1ccc(C)s1. The number of carboxylic acid groups (broad SMARTS) is 1. The first kappa shape index (κ1) is 15.8. The zero-order chi connectivity index (χ0) is 16.3. The number of aromatic hydroxyl groups is 1. The van der Waals surface area contributed by atoms with Crippen LogP contribution in [0.4, 0.5) is 5.69 Å². The standard InChI is InChI=1S/C16H15NO4S/c1-9(14-6-3-10(2)22-14)7-15(19)17-11-4-5-12(16(20)21)13(18)8-11/h3-8,18H,1-2H3,(H,17,19)(H,20,21). The van der Waals surface area contributed by atoms with Gasteiger partial charge in [-0.25, -0.2) is 4.79 Å². The van der Waals surface area contributed by atoms with Crippen molar-refractivity contribution in [2.24, 2.45) is 0 Å². The van der Waals surface area contributed by atoms with Gasteiger partial charge >= 0.3 is 5.97 Å². The molecule has 0 bridgehead atoms. The van der Waals surface area contributed by atoms with Crippen molar-refractivity contribution in [3.05, 3.63) is 51.7 Å². The average molecular weight is 317 g/mol. The Morgan fingerprint density at radius 1 is 1.23 bits per heavy atom. The summed E-state index contributed by atoms with van der Waals surface area (Å²) in [6, 6.07) is 7.82. The van der Waals surface area contributed by atoms with E-state index in [1.54, 1.807) is 11.3 Å². The van der Waals surface area contributed by atoms with E-state index < -0.39 is 5.97 Å². The number of rotatable bonds is 4. The quantitative estimate of drug-likeness (QED) is 0.753. The molecule has 0 saturated carbocycles. The smallest absolute Gasteiger partial charge is 0.339 e. The van der Waals surface area contributed by atoms with Crippen LogP contribution in [-0.2, 0) is 4.79 Å². The van der Waals surface area contributed by atoms with Crippen LogP contribution in [0.5, 0.6) is 5.75 Å². The van der Waals surface area contributed by atoms with Crippen molar-refractivity contribution in [1.29, 1.82) is 0 Å². The number of carboxylic acids is 1. The van der Waals surface area contributed by atoms with Gasteiger partial charge in [0.25, 0.3) is 0 Å². The minimum atomic E-state index is -1.22. The molecule has 5 nitrogen and oxygen atoms in total. The zero-order valence-electron chi connectivity index (χ0n) is 12.1. The molecule has 22 heavy (non-hydrogen) atoms. The van der Waals surface area contributed by atoms with Gasteiger partial charge in [0.1, 0.15) is 11.3 Å². The minimum Gasteiger partial charge on any atom is -0.507 e. The number of nitrogens with one attached hydrogen (secondary N) is 1. The largest absolute Gasteiger partial charge is 0.507 e. The van der Waals surface area contributed by atoms with Gasteiger partial charge in [0.2, 0.25) is 5.91 Å². The Morgan fingerprint density at radius 2 is 1.95 bits per heavy atom. The van der Waals surface area contributed by atoms with Crippen LogP contribution < -0.4 is 5.32 Å². The lowest BCUT2D eigenvalue weighted by Gasteiger charge is -2.05. The summed E-state index contributed by atoms with van der Waals surface area (Å²) in [4.78, 5) is 24.9. The van der Waals surface area contributed by atoms with Crippen molar-refractivity contribution in [3.8, 4) is 5.75 Å². The molecule has 0 aliphatic heterocycles. The lowest BCUT2D eigenvalue weighted by atomic mass is 10.2. The first-order valence-corrected chi connectivity index (χ1v) is 7.31. The molecule has 1 amide bonds. The molecular weight excluding hydrogens is 302 g/mol. The first-order valence-electron chi connectivity index (χ1n) is 6.49. The van der Waals surface area contributed by atoms with Crippen LogP contribution in [0.1, 0.15) is 27.0 Å². The van der Waals surface area contributed by atoms with Crippen molar-refractivity contribution >= 4 is 34.5 Å². The maximum atomic E-state index is 12.0. The van der Waals surface area contributed by atoms with E-state index in [0.717, 1.165) is 15.3 Å². The number of aryl methyl sites for hydroxylation is 1. The van der Waals surface area contributed by atoms with Crippen LogP contribution >= 0.6 is 11.3 Å². The number of hydrogen-bond acceptors (Lipinski definition) is 4. The molecule has 0 atom stereocenters. The lowest BCUT2D eigenvalue weighted by molar-refractivity contribution is -0.111. The molecule has 0 aliphatic rings. The molecule has 0 fully saturated rings. The van der Waals surface area contributed by atoms with Crippen molar-refractivity contribution in [1.82, 2.24) is 0 Å². The highest BCUT2D eigenvalue weighted by molar-refractivity contribution is 7.13. The Balaban J connectivity index is 2.12. The number of hydrogen-bond donors (Lipinski definition) is 3. The van der Waals surface area contributed by atoms with Gasteiger partial charge in [0, 0.05) is 27.6 Å². The van der Waals surface area contributed by atoms with Crippen LogP contribution in [0.25, 0.3) is 5.57 Å². The molecule has 2 rings (SSSR count). The van der Waals surface area contributed by atoms with Crippen LogP contribution in [0.15, 0.2) is 36.4 Å². The van der Waals surface area contributed by atoms with E-state index in [4.69, 9.17) is 5.11 Å². The van der Waals surface area contributed by atoms with Gasteiger partial charge in [-0.15, -0.1) is 11.3 Å². The number of thiophene rings is 1. The predicted octanol–water partition coefficient (Wildman–Crippen LogP) is 3.50. The van der Waals surface area contributed by atoms with Crippen molar-refractivity contribution in [2.75, 3.05) is 5.32 Å². The summed E-state index contributed by atoms with van der Waals surface area (Å²) in [5.74, 6) is -1.95. The van der Waals surface area contributed by atoms with E-state index in [1.165, 1.54) is 24.3 Å². The van der Waals surface area contributed by atoms with E-state index in [2.05, 4.69) is 5.32 Å². The zero-order valence-corrected chi connectivity index (χ0v) is 12.9. The van der Waals surface area contributed by atoms with E-state index in [9.17, 15) is 14.7 Å². The fraction of sp³-hybridized carbons (Fsp3) is 0.125. The molecule has 0 unspecified atom stereocenters. The van der Waals surface area contributed by atoms with Gasteiger partial charge in [-0.3, -0.25) is 4.79 Å². The maximum Gasteiger partial charge on any atom is 0.339 e. The molecular formula is C16H15NO4S. The minimum absolute atomic E-state index is 0.209. The second kappa shape index (κ2) is 6.44. The normalized spacial score (nSPS) is 11.3. The molecule has 0 aliphatic carbocycles. The van der Waals surface area contributed by atoms with E-state index >= 15 is 0 Å². The Morgan fingerprint density at radius 3 is 2.50 bits per heavy atom. The molecule has 114 valence electrons. The van der Waals surface area contributed by atoms with E-state index in [-0.39, 0.29) is 17.2 Å². The lowest BCUT2D eigenvalue weighted by Crippen LogP contribution is -2.09. The predicted molar refractivity (Wildman–Crippen MR) is 86.4 cm³/mol. The maximum absolute atomic E-state index is 12.0. The summed E-state index contributed by atoms with van der Waals surface area (Å²) in [6.45, 7) is 3.84. The Labute approximate surface area is 131 Å². The third-order valence-electron chi connectivity index (χ3n) is 2.97. The van der Waals surface area contributed by atoms with Crippen LogP contribution in [0.2, 0.25) is 0 Å². The molecule has 1 aromatic carbocycles. The van der Waals surface area contributed by atoms with Crippen LogP contribution in [0.3, 0.4) is 0 Å². The third-order valence-corrected chi connectivity index (χ3v) is 4.11. The summed E-state index contributed by atoms with van der Waals surface area (Å²) in [5.41, 5.74) is 0.958. The number of aromatic carboxylic acids is 1. The molecule has 3 N–H and O–H groups in total. The van der Waals surface area contributed by atoms with Gasteiger partial charge in [0.15, 0.2) is 0 Å². The highest BCUT2D eigenvalue weighted by Gasteiger charge is 2.10. The summed E-state index contributed by atoms with van der Waals surface area (Å²) in [6.07, 6.45) is 1.47. The monoisotopic (exact) mass is 317 g/mol. The molecule has 0 radical (unpaired) electrons. The number of carbonyl (C=O) groups excluding carboxylic acids is 1. The molecule has 2 aromatic rings. The van der Waals surface area contributed by atoms with Crippen molar-refractivity contribution in [2.45, 2.75) is 13.8 Å². The number of phenols is 1. The summed E-state index contributed by atoms with van der Waals surface area (Å²) in [5, 5.41) is 21.0. The fourth-order valence-electron chi connectivity index (χ4n) is 1.88. The fourth-order valence-corrected chi connectivity index (χ4v) is 2.72. The number of amides is 1. The number of anilines is 1. The van der Waals surface area contributed by atoms with E-state index in [0.29, 0.717) is 5.69 Å².